The number of nitrogens with zero attached hydrogens (tertiary/aromatic N) is 1. The highest BCUT2D eigenvalue weighted by molar-refractivity contribution is 5.74. The Bertz CT molecular complexity index is 255. The molecule has 19 heavy (non-hydrogen) atoms. The van der Waals surface area contributed by atoms with Crippen molar-refractivity contribution in [1.82, 2.24) is 15.5 Å². The van der Waals surface area contributed by atoms with E-state index in [1.807, 2.05) is 13.8 Å². The third-order valence-electron chi connectivity index (χ3n) is 3.48. The molecule has 3 N–H and O–H groups in total. The fraction of sp³-hybridized carbons (Fsp3) is 0.929. The van der Waals surface area contributed by atoms with E-state index >= 15 is 0 Å². The van der Waals surface area contributed by atoms with Gasteiger partial charge in [0.25, 0.3) is 0 Å². The summed E-state index contributed by atoms with van der Waals surface area (Å²) < 4.78 is 0. The molecule has 112 valence electrons. The number of amides is 2. The summed E-state index contributed by atoms with van der Waals surface area (Å²) in [6, 6.07) is -0.0407. The first-order valence-corrected chi connectivity index (χ1v) is 7.56. The predicted molar refractivity (Wildman–Crippen MR) is 77.2 cm³/mol. The first-order chi connectivity index (χ1) is 9.11. The lowest BCUT2D eigenvalue weighted by molar-refractivity contribution is 0.159. The molecule has 2 amide bonds. The zero-order valence-corrected chi connectivity index (χ0v) is 12.3. The van der Waals surface area contributed by atoms with E-state index in [1.54, 1.807) is 0 Å². The number of carbonyl (C=O) groups excluding carboxylic acids is 1. The van der Waals surface area contributed by atoms with Crippen LogP contribution < -0.4 is 10.6 Å². The summed E-state index contributed by atoms with van der Waals surface area (Å²) >= 11 is 0. The number of rotatable bonds is 7. The number of aliphatic hydroxyl groups excluding tert-OH is 1. The van der Waals surface area contributed by atoms with Crippen molar-refractivity contribution in [3.63, 3.8) is 0 Å². The average Bonchev–Trinajstić information content (AvgIpc) is 2.38. The van der Waals surface area contributed by atoms with Gasteiger partial charge in [0, 0.05) is 19.1 Å². The fourth-order valence-corrected chi connectivity index (χ4v) is 2.50. The molecule has 2 atom stereocenters. The second kappa shape index (κ2) is 9.15. The van der Waals surface area contributed by atoms with Crippen molar-refractivity contribution in [3.05, 3.63) is 0 Å². The zero-order valence-electron chi connectivity index (χ0n) is 12.3. The molecule has 0 bridgehead atoms. The Balaban J connectivity index is 2.12. The monoisotopic (exact) mass is 271 g/mol. The molecule has 0 aromatic rings. The number of nitrogens with one attached hydrogen (secondary N) is 2. The van der Waals surface area contributed by atoms with Gasteiger partial charge in [0.2, 0.25) is 0 Å². The van der Waals surface area contributed by atoms with E-state index in [9.17, 15) is 9.90 Å². The van der Waals surface area contributed by atoms with Crippen LogP contribution in [0.1, 0.15) is 46.0 Å². The van der Waals surface area contributed by atoms with Gasteiger partial charge in [-0.25, -0.2) is 4.79 Å². The fourth-order valence-electron chi connectivity index (χ4n) is 2.50. The molecule has 0 saturated carbocycles. The number of aliphatic hydroxyl groups is 1. The zero-order chi connectivity index (χ0) is 14.1. The van der Waals surface area contributed by atoms with Crippen molar-refractivity contribution in [3.8, 4) is 0 Å². The molecule has 1 aliphatic rings. The minimum atomic E-state index is -0.437. The molecule has 0 radical (unpaired) electrons. The smallest absolute Gasteiger partial charge is 0.315 e. The highest BCUT2D eigenvalue weighted by atomic mass is 16.3. The van der Waals surface area contributed by atoms with Crippen LogP contribution in [0.3, 0.4) is 0 Å². The predicted octanol–water partition coefficient (Wildman–Crippen LogP) is 1.32. The molecule has 1 rings (SSSR count). The lowest BCUT2D eigenvalue weighted by Gasteiger charge is -2.29. The van der Waals surface area contributed by atoms with E-state index in [0.717, 1.165) is 32.5 Å². The largest absolute Gasteiger partial charge is 0.391 e. The molecule has 0 aromatic heterocycles. The van der Waals surface area contributed by atoms with Gasteiger partial charge in [0.05, 0.1) is 6.10 Å². The minimum Gasteiger partial charge on any atom is -0.391 e. The summed E-state index contributed by atoms with van der Waals surface area (Å²) in [5, 5.41) is 15.2. The van der Waals surface area contributed by atoms with E-state index < -0.39 is 6.10 Å². The second-order valence-electron chi connectivity index (χ2n) is 5.56. The molecule has 0 aliphatic carbocycles. The molecule has 0 aromatic carbocycles. The summed E-state index contributed by atoms with van der Waals surface area (Å²) in [6.45, 7) is 7.56. The van der Waals surface area contributed by atoms with Crippen LogP contribution in [-0.4, -0.2) is 54.4 Å². The molecule has 1 heterocycles. The van der Waals surface area contributed by atoms with Gasteiger partial charge in [-0.1, -0.05) is 19.8 Å². The Labute approximate surface area is 116 Å². The van der Waals surface area contributed by atoms with Crippen LogP contribution in [0.2, 0.25) is 0 Å². The van der Waals surface area contributed by atoms with Gasteiger partial charge in [0.1, 0.15) is 0 Å². The van der Waals surface area contributed by atoms with E-state index in [4.69, 9.17) is 0 Å². The Hall–Kier alpha value is -0.810. The van der Waals surface area contributed by atoms with Crippen LogP contribution in [0.25, 0.3) is 0 Å². The SMILES string of the molecule is CCCC(O)CNC(=O)NC(C)CN1CCCCC1. The second-order valence-corrected chi connectivity index (χ2v) is 5.56. The lowest BCUT2D eigenvalue weighted by atomic mass is 10.1. The standard InChI is InChI=1S/C14H29N3O2/c1-3-7-13(18)10-15-14(19)16-12(2)11-17-8-5-4-6-9-17/h12-13,18H,3-11H2,1-2H3,(H2,15,16,19). The number of urea groups is 1. The van der Waals surface area contributed by atoms with Crippen LogP contribution in [0, 0.1) is 0 Å². The number of likely N-dealkylation sites (tertiary alicyclic amines) is 1. The molecule has 1 saturated heterocycles. The van der Waals surface area contributed by atoms with Gasteiger partial charge in [-0.3, -0.25) is 0 Å². The normalized spacial score (nSPS) is 19.7. The molecule has 1 aliphatic heterocycles. The van der Waals surface area contributed by atoms with Crippen molar-refractivity contribution in [2.45, 2.75) is 58.1 Å². The third-order valence-corrected chi connectivity index (χ3v) is 3.48. The van der Waals surface area contributed by atoms with Crippen LogP contribution in [0.4, 0.5) is 4.79 Å². The maximum atomic E-state index is 11.7. The molecule has 5 nitrogen and oxygen atoms in total. The summed E-state index contributed by atoms with van der Waals surface area (Å²) in [4.78, 5) is 14.1. The quantitative estimate of drug-likeness (QED) is 0.654. The maximum Gasteiger partial charge on any atom is 0.315 e. The highest BCUT2D eigenvalue weighted by Crippen LogP contribution is 2.08. The Morgan fingerprint density at radius 2 is 2.00 bits per heavy atom. The molecule has 0 spiro atoms. The molecular formula is C14H29N3O2. The van der Waals surface area contributed by atoms with Crippen molar-refractivity contribution in [1.29, 1.82) is 0 Å². The topological polar surface area (TPSA) is 64.6 Å². The molecule has 2 unspecified atom stereocenters. The number of piperidine rings is 1. The van der Waals surface area contributed by atoms with E-state index in [0.29, 0.717) is 6.54 Å². The van der Waals surface area contributed by atoms with Gasteiger partial charge >= 0.3 is 6.03 Å². The Morgan fingerprint density at radius 3 is 2.63 bits per heavy atom. The molecular weight excluding hydrogens is 242 g/mol. The van der Waals surface area contributed by atoms with Crippen LogP contribution in [-0.2, 0) is 0 Å². The first kappa shape index (κ1) is 16.2. The molecule has 5 heteroatoms. The Kier molecular flexibility index (Phi) is 7.82. The molecule has 1 fully saturated rings. The van der Waals surface area contributed by atoms with Gasteiger partial charge in [-0.2, -0.15) is 0 Å². The first-order valence-electron chi connectivity index (χ1n) is 7.56. The minimum absolute atomic E-state index is 0.140. The van der Waals surface area contributed by atoms with E-state index in [2.05, 4.69) is 15.5 Å². The van der Waals surface area contributed by atoms with Gasteiger partial charge in [0.15, 0.2) is 0 Å². The lowest BCUT2D eigenvalue weighted by Crippen LogP contribution is -2.48. The number of carbonyl (C=O) groups is 1. The Morgan fingerprint density at radius 1 is 1.32 bits per heavy atom. The van der Waals surface area contributed by atoms with Crippen LogP contribution in [0.5, 0.6) is 0 Å². The number of hydrogen-bond donors (Lipinski definition) is 3. The number of hydrogen-bond acceptors (Lipinski definition) is 3. The van der Waals surface area contributed by atoms with Crippen LogP contribution >= 0.6 is 0 Å². The maximum absolute atomic E-state index is 11.7. The van der Waals surface area contributed by atoms with Crippen molar-refractivity contribution in [2.75, 3.05) is 26.2 Å². The summed E-state index contributed by atoms with van der Waals surface area (Å²) in [6.07, 6.45) is 5.07. The summed E-state index contributed by atoms with van der Waals surface area (Å²) in [5.41, 5.74) is 0. The van der Waals surface area contributed by atoms with Gasteiger partial charge in [-0.15, -0.1) is 0 Å². The summed E-state index contributed by atoms with van der Waals surface area (Å²) in [7, 11) is 0. The van der Waals surface area contributed by atoms with Crippen LogP contribution in [0.15, 0.2) is 0 Å². The third kappa shape index (κ3) is 7.38. The average molecular weight is 271 g/mol. The van der Waals surface area contributed by atoms with Crippen molar-refractivity contribution < 1.29 is 9.90 Å². The highest BCUT2D eigenvalue weighted by Gasteiger charge is 2.15. The van der Waals surface area contributed by atoms with Crippen molar-refractivity contribution >= 4 is 6.03 Å². The van der Waals surface area contributed by atoms with E-state index in [1.165, 1.54) is 19.3 Å². The van der Waals surface area contributed by atoms with Gasteiger partial charge < -0.3 is 20.6 Å². The van der Waals surface area contributed by atoms with Gasteiger partial charge in [-0.05, 0) is 39.3 Å². The summed E-state index contributed by atoms with van der Waals surface area (Å²) in [5.74, 6) is 0. The van der Waals surface area contributed by atoms with Crippen molar-refractivity contribution in [2.24, 2.45) is 0 Å². The van der Waals surface area contributed by atoms with E-state index in [-0.39, 0.29) is 12.1 Å².